The molecule has 6 nitrogen and oxygen atoms in total. The molecule has 18 heavy (non-hydrogen) atoms. The van der Waals surface area contributed by atoms with Crippen LogP contribution in [-0.4, -0.2) is 18.0 Å². The molecule has 0 heterocycles. The molecular weight excluding hydrogens is 260 g/mol. The molecular formula is C11H13ClN2O4. The number of hydrogen-bond donors (Lipinski definition) is 1. The first-order valence-corrected chi connectivity index (χ1v) is 5.46. The number of rotatable bonds is 4. The largest absolute Gasteiger partial charge is 0.469 e. The highest BCUT2D eigenvalue weighted by molar-refractivity contribution is 6.33. The lowest BCUT2D eigenvalue weighted by atomic mass is 9.89. The number of benzene rings is 1. The van der Waals surface area contributed by atoms with Crippen LogP contribution in [0.3, 0.4) is 0 Å². The van der Waals surface area contributed by atoms with Gasteiger partial charge in [-0.1, -0.05) is 23.7 Å². The van der Waals surface area contributed by atoms with Crippen LogP contribution in [0, 0.1) is 10.1 Å². The van der Waals surface area contributed by atoms with E-state index in [1.54, 1.807) is 13.0 Å². The third kappa shape index (κ3) is 2.96. The van der Waals surface area contributed by atoms with Crippen molar-refractivity contribution in [1.82, 2.24) is 0 Å². The molecule has 98 valence electrons. The highest BCUT2D eigenvalue weighted by Gasteiger charge is 2.30. The van der Waals surface area contributed by atoms with Gasteiger partial charge in [-0.3, -0.25) is 14.9 Å². The van der Waals surface area contributed by atoms with Crippen molar-refractivity contribution in [3.8, 4) is 0 Å². The minimum atomic E-state index is -1.13. The Morgan fingerprint density at radius 2 is 2.22 bits per heavy atom. The van der Waals surface area contributed by atoms with Gasteiger partial charge >= 0.3 is 5.97 Å². The molecule has 1 unspecified atom stereocenters. The Labute approximate surface area is 109 Å². The normalized spacial score (nSPS) is 13.8. The Balaban J connectivity index is 3.20. The zero-order valence-corrected chi connectivity index (χ0v) is 10.7. The second kappa shape index (κ2) is 5.32. The topological polar surface area (TPSA) is 95.5 Å². The number of methoxy groups -OCH3 is 1. The predicted molar refractivity (Wildman–Crippen MR) is 66.3 cm³/mol. The first-order valence-electron chi connectivity index (χ1n) is 5.08. The number of carbonyl (C=O) groups excluding carboxylic acids is 1. The summed E-state index contributed by atoms with van der Waals surface area (Å²) in [5.41, 5.74) is 4.94. The minimum absolute atomic E-state index is 0.0589. The molecule has 7 heteroatoms. The van der Waals surface area contributed by atoms with Gasteiger partial charge in [0.05, 0.1) is 24.0 Å². The standard InChI is InChI=1S/C11H13ClN2O4/c1-11(13,6-9(15)18-2)7-4-3-5-8(10(7)12)14(16)17/h3-5H,6,13H2,1-2H3. The van der Waals surface area contributed by atoms with E-state index in [-0.39, 0.29) is 17.1 Å². The van der Waals surface area contributed by atoms with Gasteiger partial charge in [0.25, 0.3) is 5.69 Å². The fourth-order valence-corrected chi connectivity index (χ4v) is 1.98. The van der Waals surface area contributed by atoms with Crippen LogP contribution in [0.25, 0.3) is 0 Å². The van der Waals surface area contributed by atoms with Crippen molar-refractivity contribution in [3.05, 3.63) is 38.9 Å². The number of nitrogens with zero attached hydrogens (tertiary/aromatic N) is 1. The van der Waals surface area contributed by atoms with Crippen molar-refractivity contribution >= 4 is 23.3 Å². The second-order valence-corrected chi connectivity index (χ2v) is 4.44. The van der Waals surface area contributed by atoms with Gasteiger partial charge in [-0.25, -0.2) is 0 Å². The number of carbonyl (C=O) groups is 1. The van der Waals surface area contributed by atoms with Gasteiger partial charge in [-0.15, -0.1) is 0 Å². The SMILES string of the molecule is COC(=O)CC(C)(N)c1cccc([N+](=O)[O-])c1Cl. The second-order valence-electron chi connectivity index (χ2n) is 4.07. The molecule has 0 saturated carbocycles. The molecule has 0 aromatic heterocycles. The summed E-state index contributed by atoms with van der Waals surface area (Å²) in [6, 6.07) is 4.31. The number of nitrogens with two attached hydrogens (primary N) is 1. The molecule has 1 rings (SSSR count). The Kier molecular flexibility index (Phi) is 4.26. The molecule has 0 amide bonds. The molecule has 0 saturated heterocycles. The van der Waals surface area contributed by atoms with Crippen LogP contribution in [0.15, 0.2) is 18.2 Å². The molecule has 1 aromatic rings. The molecule has 0 aliphatic rings. The lowest BCUT2D eigenvalue weighted by molar-refractivity contribution is -0.384. The van der Waals surface area contributed by atoms with Crippen molar-refractivity contribution < 1.29 is 14.5 Å². The quantitative estimate of drug-likeness (QED) is 0.514. The first kappa shape index (κ1) is 14.4. The number of hydrogen-bond acceptors (Lipinski definition) is 5. The third-order valence-corrected chi connectivity index (χ3v) is 2.93. The van der Waals surface area contributed by atoms with E-state index in [9.17, 15) is 14.9 Å². The summed E-state index contributed by atoms with van der Waals surface area (Å²) in [6.07, 6.45) is -0.121. The van der Waals surface area contributed by atoms with Crippen LogP contribution in [-0.2, 0) is 15.1 Å². The minimum Gasteiger partial charge on any atom is -0.469 e. The Morgan fingerprint density at radius 1 is 1.61 bits per heavy atom. The smallest absolute Gasteiger partial charge is 0.307 e. The van der Waals surface area contributed by atoms with Crippen LogP contribution in [0.1, 0.15) is 18.9 Å². The molecule has 0 fully saturated rings. The first-order chi connectivity index (χ1) is 8.29. The summed E-state index contributed by atoms with van der Waals surface area (Å²) >= 11 is 5.94. The molecule has 0 radical (unpaired) electrons. The molecule has 2 N–H and O–H groups in total. The summed E-state index contributed by atoms with van der Waals surface area (Å²) in [5, 5.41) is 10.7. The van der Waals surface area contributed by atoms with Crippen LogP contribution in [0.4, 0.5) is 5.69 Å². The summed E-state index contributed by atoms with van der Waals surface area (Å²) in [4.78, 5) is 21.4. The fraction of sp³-hybridized carbons (Fsp3) is 0.364. The summed E-state index contributed by atoms with van der Waals surface area (Å²) < 4.78 is 4.53. The number of halogens is 1. The van der Waals surface area contributed by atoms with Crippen LogP contribution in [0.5, 0.6) is 0 Å². The number of nitro benzene ring substituents is 1. The van der Waals surface area contributed by atoms with E-state index in [1.165, 1.54) is 19.2 Å². The van der Waals surface area contributed by atoms with Crippen LogP contribution in [0.2, 0.25) is 5.02 Å². The van der Waals surface area contributed by atoms with Crippen molar-refractivity contribution in [3.63, 3.8) is 0 Å². The summed E-state index contributed by atoms with van der Waals surface area (Å²) in [6.45, 7) is 1.56. The Morgan fingerprint density at radius 3 is 2.72 bits per heavy atom. The fourth-order valence-electron chi connectivity index (χ4n) is 1.57. The van der Waals surface area contributed by atoms with Crippen LogP contribution >= 0.6 is 11.6 Å². The average Bonchev–Trinajstić information content (AvgIpc) is 2.27. The zero-order chi connectivity index (χ0) is 13.9. The highest BCUT2D eigenvalue weighted by Crippen LogP contribution is 2.35. The number of nitro groups is 1. The summed E-state index contributed by atoms with van der Waals surface area (Å²) in [7, 11) is 1.24. The molecule has 0 aliphatic heterocycles. The van der Waals surface area contributed by atoms with Gasteiger partial charge in [0, 0.05) is 6.07 Å². The van der Waals surface area contributed by atoms with Gasteiger partial charge in [0.15, 0.2) is 0 Å². The zero-order valence-electron chi connectivity index (χ0n) is 9.97. The molecule has 0 bridgehead atoms. The van der Waals surface area contributed by atoms with Crippen molar-refractivity contribution in [1.29, 1.82) is 0 Å². The highest BCUT2D eigenvalue weighted by atomic mass is 35.5. The maximum atomic E-state index is 11.3. The van der Waals surface area contributed by atoms with Crippen LogP contribution < -0.4 is 5.73 Å². The van der Waals surface area contributed by atoms with Crippen molar-refractivity contribution in [2.45, 2.75) is 18.9 Å². The number of esters is 1. The average molecular weight is 273 g/mol. The van der Waals surface area contributed by atoms with Crippen molar-refractivity contribution in [2.24, 2.45) is 5.73 Å². The van der Waals surface area contributed by atoms with E-state index in [4.69, 9.17) is 17.3 Å². The van der Waals surface area contributed by atoms with Gasteiger partial charge in [0.2, 0.25) is 0 Å². The van der Waals surface area contributed by atoms with E-state index in [0.29, 0.717) is 5.56 Å². The molecule has 0 aliphatic carbocycles. The predicted octanol–water partition coefficient (Wildman–Crippen LogP) is 1.99. The van der Waals surface area contributed by atoms with Gasteiger partial charge in [0.1, 0.15) is 5.02 Å². The van der Waals surface area contributed by atoms with E-state index >= 15 is 0 Å². The van der Waals surface area contributed by atoms with E-state index in [1.807, 2.05) is 0 Å². The maximum Gasteiger partial charge on any atom is 0.307 e. The third-order valence-electron chi connectivity index (χ3n) is 2.53. The lowest BCUT2D eigenvalue weighted by Crippen LogP contribution is -2.36. The number of ether oxygens (including phenoxy) is 1. The lowest BCUT2D eigenvalue weighted by Gasteiger charge is -2.24. The summed E-state index contributed by atoms with van der Waals surface area (Å²) in [5.74, 6) is -0.512. The monoisotopic (exact) mass is 272 g/mol. The molecule has 1 atom stereocenters. The van der Waals surface area contributed by atoms with Gasteiger partial charge in [-0.2, -0.15) is 0 Å². The van der Waals surface area contributed by atoms with E-state index < -0.39 is 16.4 Å². The molecule has 1 aromatic carbocycles. The Bertz CT molecular complexity index is 488. The maximum absolute atomic E-state index is 11.3. The van der Waals surface area contributed by atoms with E-state index in [0.717, 1.165) is 0 Å². The van der Waals surface area contributed by atoms with Gasteiger partial charge < -0.3 is 10.5 Å². The van der Waals surface area contributed by atoms with Crippen molar-refractivity contribution in [2.75, 3.05) is 7.11 Å². The van der Waals surface area contributed by atoms with Gasteiger partial charge in [-0.05, 0) is 12.5 Å². The molecule has 0 spiro atoms. The Hall–Kier alpha value is -1.66. The van der Waals surface area contributed by atoms with E-state index in [2.05, 4.69) is 4.74 Å².